The van der Waals surface area contributed by atoms with Crippen LogP contribution in [0.25, 0.3) is 0 Å². The van der Waals surface area contributed by atoms with Crippen LogP contribution in [-0.2, 0) is 5.60 Å². The van der Waals surface area contributed by atoms with Crippen LogP contribution in [-0.4, -0.2) is 24.3 Å². The molecule has 2 aromatic rings. The summed E-state index contributed by atoms with van der Waals surface area (Å²) in [5.41, 5.74) is -0.711. The van der Waals surface area contributed by atoms with Gasteiger partial charge in [-0.1, -0.05) is 6.07 Å². The van der Waals surface area contributed by atoms with Gasteiger partial charge in [-0.25, -0.2) is 4.39 Å². The van der Waals surface area contributed by atoms with E-state index in [0.717, 1.165) is 6.20 Å². The van der Waals surface area contributed by atoms with Crippen molar-refractivity contribution in [1.82, 2.24) is 4.98 Å². The summed E-state index contributed by atoms with van der Waals surface area (Å²) in [6.45, 7) is 1.56. The van der Waals surface area contributed by atoms with E-state index in [1.54, 1.807) is 25.1 Å². The van der Waals surface area contributed by atoms with Gasteiger partial charge in [0.05, 0.1) is 31.7 Å². The van der Waals surface area contributed by atoms with Gasteiger partial charge in [-0.05, 0) is 31.2 Å². The number of rotatable bonds is 4. The second kappa shape index (κ2) is 5.46. The number of nitrogens with zero attached hydrogens (tertiary/aromatic N) is 1. The summed E-state index contributed by atoms with van der Waals surface area (Å²) < 4.78 is 23.5. The first-order valence-electron chi connectivity index (χ1n) is 6.06. The highest BCUT2D eigenvalue weighted by molar-refractivity contribution is 5.51. The normalized spacial score (nSPS) is 13.7. The Hall–Kier alpha value is -2.14. The molecule has 20 heavy (non-hydrogen) atoms. The lowest BCUT2D eigenvalue weighted by Gasteiger charge is -2.27. The second-order valence-corrected chi connectivity index (χ2v) is 4.47. The molecule has 4 nitrogen and oxygen atoms in total. The number of methoxy groups -OCH3 is 2. The Kier molecular flexibility index (Phi) is 3.90. The summed E-state index contributed by atoms with van der Waals surface area (Å²) in [5.74, 6) is 0.484. The van der Waals surface area contributed by atoms with E-state index in [4.69, 9.17) is 9.47 Å². The Morgan fingerprint density at radius 1 is 1.10 bits per heavy atom. The number of aliphatic hydroxyl groups is 1. The van der Waals surface area contributed by atoms with Crippen LogP contribution in [0, 0.1) is 5.82 Å². The molecule has 1 unspecified atom stereocenters. The molecule has 0 radical (unpaired) electrons. The van der Waals surface area contributed by atoms with E-state index in [1.165, 1.54) is 26.4 Å². The number of benzene rings is 1. The van der Waals surface area contributed by atoms with E-state index in [0.29, 0.717) is 22.8 Å². The van der Waals surface area contributed by atoms with Gasteiger partial charge < -0.3 is 14.6 Å². The van der Waals surface area contributed by atoms with E-state index in [1.807, 2.05) is 0 Å². The van der Waals surface area contributed by atoms with Gasteiger partial charge in [0.2, 0.25) is 0 Å². The first kappa shape index (κ1) is 14.3. The minimum Gasteiger partial charge on any atom is -0.496 e. The number of hydrogen-bond donors (Lipinski definition) is 1. The molecule has 1 aromatic heterocycles. The summed E-state index contributed by atoms with van der Waals surface area (Å²) in [4.78, 5) is 3.94. The molecule has 0 aliphatic rings. The maximum Gasteiger partial charge on any atom is 0.141 e. The Bertz CT molecular complexity index is 574. The molecule has 5 heteroatoms. The standard InChI is InChI=1S/C15H16FNO3/c1-15(18,13-8-7-10(16)9-17-13)14-11(19-2)5-4-6-12(14)20-3/h4-9,18H,1-3H3. The molecule has 1 heterocycles. The van der Waals surface area contributed by atoms with Gasteiger partial charge >= 0.3 is 0 Å². The van der Waals surface area contributed by atoms with Crippen molar-refractivity contribution in [3.8, 4) is 11.5 Å². The first-order valence-corrected chi connectivity index (χ1v) is 6.06. The lowest BCUT2D eigenvalue weighted by Crippen LogP contribution is -2.25. The summed E-state index contributed by atoms with van der Waals surface area (Å²) in [6.07, 6.45) is 1.06. The minimum atomic E-state index is -1.47. The van der Waals surface area contributed by atoms with E-state index >= 15 is 0 Å². The fourth-order valence-electron chi connectivity index (χ4n) is 2.12. The highest BCUT2D eigenvalue weighted by Gasteiger charge is 2.33. The van der Waals surface area contributed by atoms with Crippen LogP contribution >= 0.6 is 0 Å². The third-order valence-electron chi connectivity index (χ3n) is 3.14. The maximum atomic E-state index is 13.0. The van der Waals surface area contributed by atoms with E-state index in [-0.39, 0.29) is 0 Å². The lowest BCUT2D eigenvalue weighted by atomic mass is 9.90. The molecule has 2 rings (SSSR count). The molecule has 0 aliphatic heterocycles. The number of hydrogen-bond acceptors (Lipinski definition) is 4. The quantitative estimate of drug-likeness (QED) is 0.933. The van der Waals surface area contributed by atoms with Crippen LogP contribution in [0.4, 0.5) is 4.39 Å². The van der Waals surface area contributed by atoms with Crippen LogP contribution in [0.3, 0.4) is 0 Å². The van der Waals surface area contributed by atoms with Crippen LogP contribution < -0.4 is 9.47 Å². The Morgan fingerprint density at radius 3 is 2.15 bits per heavy atom. The third kappa shape index (κ3) is 2.44. The topological polar surface area (TPSA) is 51.6 Å². The second-order valence-electron chi connectivity index (χ2n) is 4.47. The van der Waals surface area contributed by atoms with Gasteiger partial charge in [-0.3, -0.25) is 4.98 Å². The molecule has 1 N–H and O–H groups in total. The zero-order valence-corrected chi connectivity index (χ0v) is 11.6. The maximum absolute atomic E-state index is 13.0. The zero-order valence-electron chi connectivity index (χ0n) is 11.6. The Labute approximate surface area is 116 Å². The predicted octanol–water partition coefficient (Wildman–Crippen LogP) is 2.49. The SMILES string of the molecule is COc1cccc(OC)c1C(C)(O)c1ccc(F)cn1. The zero-order chi connectivity index (χ0) is 14.8. The summed E-state index contributed by atoms with van der Waals surface area (Å²) in [5, 5.41) is 10.8. The average molecular weight is 277 g/mol. The van der Waals surface area contributed by atoms with Crippen molar-refractivity contribution in [3.63, 3.8) is 0 Å². The molecular weight excluding hydrogens is 261 g/mol. The average Bonchev–Trinajstić information content (AvgIpc) is 2.46. The molecule has 1 atom stereocenters. The van der Waals surface area contributed by atoms with Gasteiger partial charge in [-0.15, -0.1) is 0 Å². The van der Waals surface area contributed by atoms with Crippen LogP contribution in [0.15, 0.2) is 36.5 Å². The molecule has 106 valence electrons. The van der Waals surface area contributed by atoms with Gasteiger partial charge in [0.25, 0.3) is 0 Å². The van der Waals surface area contributed by atoms with Crippen LogP contribution in [0.5, 0.6) is 11.5 Å². The van der Waals surface area contributed by atoms with Gasteiger partial charge in [0.15, 0.2) is 0 Å². The number of pyridine rings is 1. The van der Waals surface area contributed by atoms with Crippen molar-refractivity contribution in [3.05, 3.63) is 53.6 Å². The summed E-state index contributed by atoms with van der Waals surface area (Å²) in [7, 11) is 3.01. The highest BCUT2D eigenvalue weighted by atomic mass is 19.1. The number of halogens is 1. The fraction of sp³-hybridized carbons (Fsp3) is 0.267. The van der Waals surface area contributed by atoms with Crippen molar-refractivity contribution in [2.75, 3.05) is 14.2 Å². The van der Waals surface area contributed by atoms with Gasteiger partial charge in [0, 0.05) is 0 Å². The molecule has 0 saturated carbocycles. The molecule has 0 amide bonds. The van der Waals surface area contributed by atoms with Crippen molar-refractivity contribution >= 4 is 0 Å². The van der Waals surface area contributed by atoms with Gasteiger partial charge in [-0.2, -0.15) is 0 Å². The van der Waals surface area contributed by atoms with Crippen molar-refractivity contribution in [1.29, 1.82) is 0 Å². The third-order valence-corrected chi connectivity index (χ3v) is 3.14. The molecule has 0 saturated heterocycles. The predicted molar refractivity (Wildman–Crippen MR) is 72.4 cm³/mol. The fourth-order valence-corrected chi connectivity index (χ4v) is 2.12. The van der Waals surface area contributed by atoms with Crippen LogP contribution in [0.1, 0.15) is 18.2 Å². The largest absolute Gasteiger partial charge is 0.496 e. The molecule has 0 aliphatic carbocycles. The molecule has 0 bridgehead atoms. The highest BCUT2D eigenvalue weighted by Crippen LogP contribution is 2.40. The smallest absolute Gasteiger partial charge is 0.141 e. The van der Waals surface area contributed by atoms with Crippen LogP contribution in [0.2, 0.25) is 0 Å². The Morgan fingerprint density at radius 2 is 1.70 bits per heavy atom. The molecule has 0 fully saturated rings. The monoisotopic (exact) mass is 277 g/mol. The van der Waals surface area contributed by atoms with Crippen molar-refractivity contribution in [2.45, 2.75) is 12.5 Å². The van der Waals surface area contributed by atoms with E-state index in [2.05, 4.69) is 4.98 Å². The first-order chi connectivity index (χ1) is 9.50. The summed E-state index contributed by atoms with van der Waals surface area (Å²) in [6, 6.07) is 7.88. The van der Waals surface area contributed by atoms with Crippen molar-refractivity contribution < 1.29 is 19.0 Å². The number of aromatic nitrogens is 1. The van der Waals surface area contributed by atoms with Gasteiger partial charge in [0.1, 0.15) is 22.9 Å². The minimum absolute atomic E-state index is 0.307. The lowest BCUT2D eigenvalue weighted by molar-refractivity contribution is 0.0908. The Balaban J connectivity index is 2.61. The number of ether oxygens (including phenoxy) is 2. The van der Waals surface area contributed by atoms with E-state index in [9.17, 15) is 9.50 Å². The van der Waals surface area contributed by atoms with E-state index < -0.39 is 11.4 Å². The summed E-state index contributed by atoms with van der Waals surface area (Å²) >= 11 is 0. The molecular formula is C15H16FNO3. The molecule has 1 aromatic carbocycles. The van der Waals surface area contributed by atoms with Crippen molar-refractivity contribution in [2.24, 2.45) is 0 Å². The molecule has 0 spiro atoms.